The molecule has 1 aromatic rings. The number of rotatable bonds is 1. The van der Waals surface area contributed by atoms with E-state index in [9.17, 15) is 22.8 Å². The minimum absolute atomic E-state index is 0.0465. The highest BCUT2D eigenvalue weighted by atomic mass is 19.4. The standard InChI is InChI=1S/C11H6F3NO3/c12-11(13,14)10(17)18-9-8-2-1-7(16)5-6(8)3-4-15-9/h1-4H,5H2. The van der Waals surface area contributed by atoms with E-state index in [1.54, 1.807) is 0 Å². The normalized spacial score (nSPS) is 14.3. The predicted molar refractivity (Wildman–Crippen MR) is 53.7 cm³/mol. The molecule has 0 amide bonds. The second kappa shape index (κ2) is 4.25. The number of pyridine rings is 1. The fourth-order valence-corrected chi connectivity index (χ4v) is 1.47. The highest BCUT2D eigenvalue weighted by Gasteiger charge is 2.42. The number of carbonyl (C=O) groups excluding carboxylic acids is 2. The van der Waals surface area contributed by atoms with E-state index in [0.29, 0.717) is 5.56 Å². The maximum Gasteiger partial charge on any atom is 0.491 e. The third-order valence-corrected chi connectivity index (χ3v) is 2.27. The van der Waals surface area contributed by atoms with Gasteiger partial charge in [-0.15, -0.1) is 0 Å². The van der Waals surface area contributed by atoms with E-state index >= 15 is 0 Å². The van der Waals surface area contributed by atoms with Crippen LogP contribution >= 0.6 is 0 Å². The number of hydrogen-bond acceptors (Lipinski definition) is 4. The van der Waals surface area contributed by atoms with Gasteiger partial charge in [0.2, 0.25) is 5.88 Å². The van der Waals surface area contributed by atoms with Gasteiger partial charge in [-0.3, -0.25) is 4.79 Å². The molecular formula is C11H6F3NO3. The van der Waals surface area contributed by atoms with Crippen LogP contribution in [0, 0.1) is 0 Å². The SMILES string of the molecule is O=C1C=Cc2c(ccnc2OC(=O)C(F)(F)F)C1. The molecule has 0 fully saturated rings. The van der Waals surface area contributed by atoms with Crippen LogP contribution in [0.5, 0.6) is 5.88 Å². The Morgan fingerprint density at radius 2 is 2.06 bits per heavy atom. The summed E-state index contributed by atoms with van der Waals surface area (Å²) in [6, 6.07) is 1.49. The van der Waals surface area contributed by atoms with Crippen molar-refractivity contribution in [2.45, 2.75) is 12.6 Å². The van der Waals surface area contributed by atoms with E-state index in [2.05, 4.69) is 9.72 Å². The first-order valence-electron chi connectivity index (χ1n) is 4.86. The summed E-state index contributed by atoms with van der Waals surface area (Å²) in [5.74, 6) is -2.96. The lowest BCUT2D eigenvalue weighted by atomic mass is 9.98. The number of allylic oxidation sites excluding steroid dienone is 1. The molecule has 0 aromatic carbocycles. The number of alkyl halides is 3. The summed E-state index contributed by atoms with van der Waals surface area (Å²) < 4.78 is 40.3. The van der Waals surface area contributed by atoms with Crippen molar-refractivity contribution in [2.75, 3.05) is 0 Å². The Morgan fingerprint density at radius 3 is 2.72 bits per heavy atom. The number of hydrogen-bond donors (Lipinski definition) is 0. The van der Waals surface area contributed by atoms with E-state index in [-0.39, 0.29) is 17.8 Å². The molecule has 0 saturated heterocycles. The zero-order valence-corrected chi connectivity index (χ0v) is 8.82. The molecule has 94 valence electrons. The first-order valence-corrected chi connectivity index (χ1v) is 4.86. The summed E-state index contributed by atoms with van der Waals surface area (Å²) >= 11 is 0. The Kier molecular flexibility index (Phi) is 2.90. The van der Waals surface area contributed by atoms with Gasteiger partial charge in [-0.25, -0.2) is 9.78 Å². The zero-order chi connectivity index (χ0) is 13.3. The molecule has 0 spiro atoms. The molecule has 0 atom stereocenters. The van der Waals surface area contributed by atoms with Crippen LogP contribution in [0.4, 0.5) is 13.2 Å². The monoisotopic (exact) mass is 257 g/mol. The van der Waals surface area contributed by atoms with Gasteiger partial charge in [0, 0.05) is 18.2 Å². The third kappa shape index (κ3) is 2.39. The molecule has 1 aromatic heterocycles. The molecule has 0 N–H and O–H groups in total. The molecule has 0 aliphatic heterocycles. The summed E-state index contributed by atoms with van der Waals surface area (Å²) in [6.07, 6.45) is -1.37. The summed E-state index contributed by atoms with van der Waals surface area (Å²) in [7, 11) is 0. The fraction of sp³-hybridized carbons (Fsp3) is 0.182. The van der Waals surface area contributed by atoms with Gasteiger partial charge in [-0.2, -0.15) is 13.2 Å². The molecule has 4 nitrogen and oxygen atoms in total. The highest BCUT2D eigenvalue weighted by Crippen LogP contribution is 2.27. The number of ketones is 1. The molecule has 0 saturated carbocycles. The van der Waals surface area contributed by atoms with Crippen molar-refractivity contribution < 1.29 is 27.5 Å². The van der Waals surface area contributed by atoms with Crippen LogP contribution in [0.25, 0.3) is 6.08 Å². The molecule has 1 heterocycles. The number of fused-ring (bicyclic) bond motifs is 1. The van der Waals surface area contributed by atoms with Gasteiger partial charge in [-0.05, 0) is 23.8 Å². The average molecular weight is 257 g/mol. The number of aromatic nitrogens is 1. The van der Waals surface area contributed by atoms with E-state index in [1.807, 2.05) is 0 Å². The van der Waals surface area contributed by atoms with Gasteiger partial charge >= 0.3 is 12.1 Å². The molecule has 0 unspecified atom stereocenters. The lowest BCUT2D eigenvalue weighted by Gasteiger charge is -2.13. The maximum absolute atomic E-state index is 12.1. The molecule has 18 heavy (non-hydrogen) atoms. The minimum Gasteiger partial charge on any atom is -0.400 e. The lowest BCUT2D eigenvalue weighted by Crippen LogP contribution is -2.28. The number of ether oxygens (including phenoxy) is 1. The predicted octanol–water partition coefficient (Wildman–Crippen LogP) is 1.69. The van der Waals surface area contributed by atoms with Crippen molar-refractivity contribution in [3.8, 4) is 5.88 Å². The van der Waals surface area contributed by atoms with Gasteiger partial charge in [0.15, 0.2) is 5.78 Å². The quantitative estimate of drug-likeness (QED) is 0.718. The van der Waals surface area contributed by atoms with Gasteiger partial charge < -0.3 is 4.74 Å². The van der Waals surface area contributed by atoms with Crippen molar-refractivity contribution in [2.24, 2.45) is 0 Å². The van der Waals surface area contributed by atoms with E-state index < -0.39 is 18.0 Å². The van der Waals surface area contributed by atoms with Gasteiger partial charge in [0.25, 0.3) is 0 Å². The maximum atomic E-state index is 12.1. The van der Waals surface area contributed by atoms with Crippen molar-refractivity contribution >= 4 is 17.8 Å². The van der Waals surface area contributed by atoms with Crippen LogP contribution in [0.1, 0.15) is 11.1 Å². The van der Waals surface area contributed by atoms with Crippen LogP contribution in [0.2, 0.25) is 0 Å². The van der Waals surface area contributed by atoms with Crippen molar-refractivity contribution in [1.29, 1.82) is 0 Å². The largest absolute Gasteiger partial charge is 0.491 e. The Balaban J connectivity index is 2.33. The molecule has 0 radical (unpaired) electrons. The van der Waals surface area contributed by atoms with Crippen molar-refractivity contribution in [3.05, 3.63) is 29.5 Å². The van der Waals surface area contributed by atoms with Gasteiger partial charge in [0.05, 0.1) is 0 Å². The smallest absolute Gasteiger partial charge is 0.400 e. The summed E-state index contributed by atoms with van der Waals surface area (Å²) in [4.78, 5) is 25.4. The molecular weight excluding hydrogens is 251 g/mol. The number of esters is 1. The number of halogens is 3. The second-order valence-corrected chi connectivity index (χ2v) is 3.55. The summed E-state index contributed by atoms with van der Waals surface area (Å²) in [6.45, 7) is 0. The minimum atomic E-state index is -5.08. The molecule has 2 rings (SSSR count). The Hall–Kier alpha value is -2.18. The molecule has 7 heteroatoms. The van der Waals surface area contributed by atoms with Gasteiger partial charge in [0.1, 0.15) is 0 Å². The summed E-state index contributed by atoms with van der Waals surface area (Å²) in [5, 5.41) is 0. The molecule has 1 aliphatic carbocycles. The molecule has 0 bridgehead atoms. The second-order valence-electron chi connectivity index (χ2n) is 3.55. The van der Waals surface area contributed by atoms with Gasteiger partial charge in [-0.1, -0.05) is 0 Å². The Labute approximate surface area is 99.1 Å². The Morgan fingerprint density at radius 1 is 1.33 bits per heavy atom. The average Bonchev–Trinajstić information content (AvgIpc) is 2.27. The fourth-order valence-electron chi connectivity index (χ4n) is 1.47. The van der Waals surface area contributed by atoms with Crippen LogP contribution < -0.4 is 4.74 Å². The Bertz CT molecular complexity index is 549. The topological polar surface area (TPSA) is 56.3 Å². The van der Waals surface area contributed by atoms with E-state index in [4.69, 9.17) is 0 Å². The lowest BCUT2D eigenvalue weighted by molar-refractivity contribution is -0.190. The number of carbonyl (C=O) groups is 2. The van der Waals surface area contributed by atoms with Crippen LogP contribution in [-0.4, -0.2) is 22.9 Å². The van der Waals surface area contributed by atoms with Crippen LogP contribution in [0.15, 0.2) is 18.3 Å². The first-order chi connectivity index (χ1) is 8.38. The number of nitrogens with zero attached hydrogens (tertiary/aromatic N) is 1. The van der Waals surface area contributed by atoms with E-state index in [0.717, 1.165) is 0 Å². The molecule has 1 aliphatic rings. The van der Waals surface area contributed by atoms with Crippen LogP contribution in [-0.2, 0) is 16.0 Å². The zero-order valence-electron chi connectivity index (χ0n) is 8.82. The summed E-state index contributed by atoms with van der Waals surface area (Å²) in [5.41, 5.74) is 0.692. The van der Waals surface area contributed by atoms with Crippen molar-refractivity contribution in [3.63, 3.8) is 0 Å². The third-order valence-electron chi connectivity index (χ3n) is 2.27. The van der Waals surface area contributed by atoms with Crippen LogP contribution in [0.3, 0.4) is 0 Å². The van der Waals surface area contributed by atoms with E-state index in [1.165, 1.54) is 24.4 Å². The highest BCUT2D eigenvalue weighted by molar-refractivity contribution is 5.99. The first kappa shape index (κ1) is 12.3. The van der Waals surface area contributed by atoms with Crippen molar-refractivity contribution in [1.82, 2.24) is 4.98 Å².